The molecule has 164 valence electrons. The number of carbonyl (C=O) groups excluding carboxylic acids is 1. The van der Waals surface area contributed by atoms with Gasteiger partial charge in [0.1, 0.15) is 17.5 Å². The van der Waals surface area contributed by atoms with E-state index in [1.807, 2.05) is 18.3 Å². The summed E-state index contributed by atoms with van der Waals surface area (Å²) in [5, 5.41) is 3.24. The van der Waals surface area contributed by atoms with Gasteiger partial charge in [0, 0.05) is 30.6 Å². The minimum atomic E-state index is -0.116. The summed E-state index contributed by atoms with van der Waals surface area (Å²) in [5.74, 6) is 1.50. The van der Waals surface area contributed by atoms with E-state index in [9.17, 15) is 4.79 Å². The first-order valence-corrected chi connectivity index (χ1v) is 11.1. The van der Waals surface area contributed by atoms with Crippen LogP contribution in [0, 0.1) is 5.41 Å². The lowest BCUT2D eigenvalue weighted by molar-refractivity contribution is -0.121. The van der Waals surface area contributed by atoms with Crippen molar-refractivity contribution in [3.63, 3.8) is 0 Å². The summed E-state index contributed by atoms with van der Waals surface area (Å²) in [6.45, 7) is 6.48. The predicted octanol–water partition coefficient (Wildman–Crippen LogP) is 3.63. The van der Waals surface area contributed by atoms with Gasteiger partial charge in [-0.25, -0.2) is 15.0 Å². The van der Waals surface area contributed by atoms with Crippen molar-refractivity contribution in [1.29, 1.82) is 0 Å². The molecule has 1 aliphatic carbocycles. The Morgan fingerprint density at radius 3 is 2.91 bits per heavy atom. The van der Waals surface area contributed by atoms with Gasteiger partial charge >= 0.3 is 0 Å². The summed E-state index contributed by atoms with van der Waals surface area (Å²) in [4.78, 5) is 30.7. The van der Waals surface area contributed by atoms with Gasteiger partial charge in [-0.05, 0) is 42.4 Å². The monoisotopic (exact) mass is 429 g/mol. The molecule has 32 heavy (non-hydrogen) atoms. The van der Waals surface area contributed by atoms with Gasteiger partial charge in [0.2, 0.25) is 5.91 Å². The van der Waals surface area contributed by atoms with E-state index < -0.39 is 0 Å². The molecule has 3 heterocycles. The molecule has 1 amide bonds. The van der Waals surface area contributed by atoms with Crippen LogP contribution in [0.4, 0.5) is 0 Å². The summed E-state index contributed by atoms with van der Waals surface area (Å²) < 4.78 is 5.77. The fourth-order valence-corrected chi connectivity index (χ4v) is 4.73. The van der Waals surface area contributed by atoms with Gasteiger partial charge in [0.05, 0.1) is 24.4 Å². The van der Waals surface area contributed by atoms with Crippen LogP contribution >= 0.6 is 0 Å². The van der Waals surface area contributed by atoms with Gasteiger partial charge in [-0.3, -0.25) is 9.78 Å². The Labute approximate surface area is 187 Å². The van der Waals surface area contributed by atoms with Gasteiger partial charge in [0.15, 0.2) is 5.82 Å². The number of rotatable bonds is 4. The number of ether oxygens (including phenoxy) is 1. The fourth-order valence-electron chi connectivity index (χ4n) is 4.73. The Kier molecular flexibility index (Phi) is 5.12. The maximum atomic E-state index is 13.0. The summed E-state index contributed by atoms with van der Waals surface area (Å²) >= 11 is 0. The Hall–Kier alpha value is -3.35. The number of nitrogens with zero attached hydrogens (tertiary/aromatic N) is 4. The number of carbonyl (C=O) groups is 1. The Balaban J connectivity index is 1.35. The molecule has 3 aromatic rings. The van der Waals surface area contributed by atoms with Gasteiger partial charge in [-0.2, -0.15) is 0 Å². The zero-order valence-corrected chi connectivity index (χ0v) is 18.6. The molecule has 0 unspecified atom stereocenters. The molecule has 2 atom stereocenters. The van der Waals surface area contributed by atoms with Crippen molar-refractivity contribution in [2.75, 3.05) is 0 Å². The number of fused-ring (bicyclic) bond motifs is 2. The maximum absolute atomic E-state index is 13.0. The lowest BCUT2D eigenvalue weighted by Crippen LogP contribution is -2.37. The Morgan fingerprint density at radius 1 is 1.22 bits per heavy atom. The first-order valence-electron chi connectivity index (χ1n) is 11.1. The highest BCUT2D eigenvalue weighted by atomic mass is 16.5. The van der Waals surface area contributed by atoms with Crippen molar-refractivity contribution in [2.45, 2.75) is 58.6 Å². The second-order valence-electron chi connectivity index (χ2n) is 9.60. The molecule has 1 N–H and O–H groups in total. The van der Waals surface area contributed by atoms with Crippen LogP contribution in [0.2, 0.25) is 0 Å². The molecule has 5 rings (SSSR count). The summed E-state index contributed by atoms with van der Waals surface area (Å²) in [7, 11) is 0. The zero-order chi connectivity index (χ0) is 22.3. The van der Waals surface area contributed by atoms with Crippen molar-refractivity contribution in [2.24, 2.45) is 5.41 Å². The van der Waals surface area contributed by atoms with Crippen LogP contribution in [-0.2, 0) is 24.1 Å². The Morgan fingerprint density at radius 2 is 2.09 bits per heavy atom. The van der Waals surface area contributed by atoms with Gasteiger partial charge in [-0.1, -0.05) is 26.0 Å². The molecule has 0 saturated carbocycles. The smallest absolute Gasteiger partial charge is 0.224 e. The van der Waals surface area contributed by atoms with Gasteiger partial charge in [0.25, 0.3) is 0 Å². The number of aromatic nitrogens is 4. The van der Waals surface area contributed by atoms with Crippen LogP contribution in [-0.4, -0.2) is 31.9 Å². The minimum Gasteiger partial charge on any atom is -0.490 e. The van der Waals surface area contributed by atoms with Crippen LogP contribution in [0.5, 0.6) is 5.75 Å². The molecule has 1 aromatic carbocycles. The maximum Gasteiger partial charge on any atom is 0.224 e. The molecule has 0 radical (unpaired) electrons. The van der Waals surface area contributed by atoms with Crippen molar-refractivity contribution in [1.82, 2.24) is 25.3 Å². The highest BCUT2D eigenvalue weighted by Gasteiger charge is 2.34. The van der Waals surface area contributed by atoms with Gasteiger partial charge in [-0.15, -0.1) is 0 Å². The Bertz CT molecular complexity index is 1160. The molecule has 0 spiro atoms. The molecule has 0 fully saturated rings. The lowest BCUT2D eigenvalue weighted by atomic mass is 9.74. The zero-order valence-electron chi connectivity index (χ0n) is 18.6. The second-order valence-corrected chi connectivity index (χ2v) is 9.60. The third-order valence-electron chi connectivity index (χ3n) is 6.13. The summed E-state index contributed by atoms with van der Waals surface area (Å²) in [6.07, 6.45) is 9.86. The van der Waals surface area contributed by atoms with E-state index in [2.05, 4.69) is 47.1 Å². The molecule has 0 bridgehead atoms. The van der Waals surface area contributed by atoms with E-state index in [0.717, 1.165) is 41.8 Å². The average molecular weight is 430 g/mol. The molecular formula is C25H27N5O2. The van der Waals surface area contributed by atoms with Crippen LogP contribution in [0.25, 0.3) is 11.5 Å². The molecule has 0 saturated heterocycles. The van der Waals surface area contributed by atoms with Crippen molar-refractivity contribution < 1.29 is 9.53 Å². The van der Waals surface area contributed by atoms with E-state index in [0.29, 0.717) is 17.9 Å². The third-order valence-corrected chi connectivity index (χ3v) is 6.13. The van der Waals surface area contributed by atoms with Crippen molar-refractivity contribution >= 4 is 5.91 Å². The van der Waals surface area contributed by atoms with E-state index in [4.69, 9.17) is 9.72 Å². The van der Waals surface area contributed by atoms with E-state index in [1.54, 1.807) is 18.6 Å². The first-order chi connectivity index (χ1) is 15.4. The van der Waals surface area contributed by atoms with Crippen molar-refractivity contribution in [3.05, 3.63) is 65.4 Å². The van der Waals surface area contributed by atoms with E-state index in [1.165, 1.54) is 5.56 Å². The number of hydrogen-bond donors (Lipinski definition) is 1. The topological polar surface area (TPSA) is 89.9 Å². The number of nitrogens with one attached hydrogen (secondary N) is 1. The molecule has 2 aliphatic rings. The van der Waals surface area contributed by atoms with Crippen LogP contribution in [0.3, 0.4) is 0 Å². The van der Waals surface area contributed by atoms with E-state index >= 15 is 0 Å². The number of amides is 1. The molecule has 2 aromatic heterocycles. The highest BCUT2D eigenvalue weighted by Crippen LogP contribution is 2.40. The van der Waals surface area contributed by atoms with Crippen molar-refractivity contribution in [3.8, 4) is 17.3 Å². The number of benzene rings is 1. The number of hydrogen-bond acceptors (Lipinski definition) is 6. The average Bonchev–Trinajstić information content (AvgIpc) is 3.12. The summed E-state index contributed by atoms with van der Waals surface area (Å²) in [5.41, 5.74) is 4.79. The minimum absolute atomic E-state index is 0.00330. The lowest BCUT2D eigenvalue weighted by Gasteiger charge is -2.36. The third kappa shape index (κ3) is 4.20. The van der Waals surface area contributed by atoms with Gasteiger partial charge < -0.3 is 10.1 Å². The SMILES string of the molecule is C[C@@H]1Cc2cc(CC(=O)N[C@H]3CC(C)(C)Cc4nc(-c5cnccn5)ncc43)ccc2O1. The quantitative estimate of drug-likeness (QED) is 0.681. The van der Waals surface area contributed by atoms with Crippen LogP contribution in [0.15, 0.2) is 43.0 Å². The van der Waals surface area contributed by atoms with Crippen LogP contribution in [0.1, 0.15) is 55.6 Å². The molecule has 1 aliphatic heterocycles. The fraction of sp³-hybridized carbons (Fsp3) is 0.400. The second kappa shape index (κ2) is 7.97. The largest absolute Gasteiger partial charge is 0.490 e. The summed E-state index contributed by atoms with van der Waals surface area (Å²) in [6, 6.07) is 5.93. The molecular weight excluding hydrogens is 402 g/mol. The standard InChI is InChI=1S/C25H27N5O2/c1-15-8-17-9-16(4-5-22(17)32-15)10-23(31)29-19-11-25(2,3)12-20-18(19)13-28-24(30-20)21-14-26-6-7-27-21/h4-7,9,13-15,19H,8,10-12H2,1-3H3,(H,29,31)/t15-,19+/m1/s1. The van der Waals surface area contributed by atoms with Crippen LogP contribution < -0.4 is 10.1 Å². The highest BCUT2D eigenvalue weighted by molar-refractivity contribution is 5.79. The molecule has 7 heteroatoms. The molecule has 7 nitrogen and oxygen atoms in total. The normalized spacial score (nSPS) is 20.7. The first kappa shape index (κ1) is 20.5. The van der Waals surface area contributed by atoms with E-state index in [-0.39, 0.29) is 23.5 Å². The predicted molar refractivity (Wildman–Crippen MR) is 120 cm³/mol.